The Kier molecular flexibility index (Phi) is 4.57. The Morgan fingerprint density at radius 3 is 1.88 bits per heavy atom. The molecule has 0 aliphatic carbocycles. The first-order valence-electron chi connectivity index (χ1n) is 6.05. The lowest BCUT2D eigenvalue weighted by Crippen LogP contribution is -2.59. The molecule has 0 aromatic heterocycles. The molecule has 0 unspecified atom stereocenters. The predicted molar refractivity (Wildman–Crippen MR) is 69.2 cm³/mol. The van der Waals surface area contributed by atoms with Crippen LogP contribution >= 0.6 is 0 Å². The molecule has 0 aliphatic heterocycles. The van der Waals surface area contributed by atoms with Crippen LogP contribution in [0.25, 0.3) is 0 Å². The fourth-order valence-corrected chi connectivity index (χ4v) is 1.44. The lowest BCUT2D eigenvalue weighted by Gasteiger charge is -2.39. The van der Waals surface area contributed by atoms with Crippen LogP contribution in [-0.4, -0.2) is 17.0 Å². The lowest BCUT2D eigenvalue weighted by molar-refractivity contribution is -0.134. The van der Waals surface area contributed by atoms with E-state index in [0.29, 0.717) is 0 Å². The Morgan fingerprint density at radius 1 is 1.12 bits per heavy atom. The van der Waals surface area contributed by atoms with Crippen LogP contribution in [0.4, 0.5) is 0 Å². The second-order valence-electron chi connectivity index (χ2n) is 6.43. The molecule has 3 heteroatoms. The van der Waals surface area contributed by atoms with Crippen LogP contribution in [0.3, 0.4) is 0 Å². The zero-order valence-electron chi connectivity index (χ0n) is 11.9. The molecular weight excluding hydrogens is 200 g/mol. The molecular formula is C13H28N2O. The van der Waals surface area contributed by atoms with Crippen LogP contribution in [0.1, 0.15) is 61.3 Å². The van der Waals surface area contributed by atoms with E-state index in [2.05, 4.69) is 12.2 Å². The van der Waals surface area contributed by atoms with E-state index in [-0.39, 0.29) is 11.4 Å². The molecule has 96 valence electrons. The SMILES string of the molecule is CCCC(C)(C)NC(=O)C(C)(C)C(C)(C)N. The Hall–Kier alpha value is -0.570. The van der Waals surface area contributed by atoms with E-state index in [1.807, 2.05) is 41.5 Å². The number of nitrogens with two attached hydrogens (primary N) is 1. The van der Waals surface area contributed by atoms with Crippen molar-refractivity contribution in [2.45, 2.75) is 72.4 Å². The van der Waals surface area contributed by atoms with Crippen molar-refractivity contribution in [2.75, 3.05) is 0 Å². The average Bonchev–Trinajstić information content (AvgIpc) is 2.00. The van der Waals surface area contributed by atoms with Crippen molar-refractivity contribution in [1.82, 2.24) is 5.32 Å². The Labute approximate surface area is 100 Å². The average molecular weight is 228 g/mol. The molecule has 0 aliphatic rings. The summed E-state index contributed by atoms with van der Waals surface area (Å²) in [6.07, 6.45) is 2.03. The van der Waals surface area contributed by atoms with Crippen molar-refractivity contribution in [3.05, 3.63) is 0 Å². The molecule has 3 nitrogen and oxygen atoms in total. The van der Waals surface area contributed by atoms with Gasteiger partial charge in [0.15, 0.2) is 0 Å². The number of hydrogen-bond donors (Lipinski definition) is 2. The van der Waals surface area contributed by atoms with Gasteiger partial charge in [-0.1, -0.05) is 13.3 Å². The zero-order chi connectivity index (χ0) is 13.2. The standard InChI is InChI=1S/C13H28N2O/c1-8-9-11(2,3)15-10(16)12(4,5)13(6,7)14/h8-9,14H2,1-7H3,(H,15,16). The number of hydrogen-bond acceptors (Lipinski definition) is 2. The van der Waals surface area contributed by atoms with Gasteiger partial charge in [-0.3, -0.25) is 4.79 Å². The minimum absolute atomic E-state index is 0.0263. The van der Waals surface area contributed by atoms with Crippen molar-refractivity contribution in [2.24, 2.45) is 11.1 Å². The molecule has 0 fully saturated rings. The largest absolute Gasteiger partial charge is 0.351 e. The van der Waals surface area contributed by atoms with Gasteiger partial charge in [-0.05, 0) is 48.0 Å². The van der Waals surface area contributed by atoms with E-state index in [1.165, 1.54) is 0 Å². The maximum Gasteiger partial charge on any atom is 0.227 e. The van der Waals surface area contributed by atoms with Crippen LogP contribution in [0, 0.1) is 5.41 Å². The normalized spacial score (nSPS) is 13.8. The van der Waals surface area contributed by atoms with Gasteiger partial charge in [0.1, 0.15) is 0 Å². The van der Waals surface area contributed by atoms with Gasteiger partial charge >= 0.3 is 0 Å². The zero-order valence-corrected chi connectivity index (χ0v) is 11.9. The summed E-state index contributed by atoms with van der Waals surface area (Å²) in [4.78, 5) is 12.2. The quantitative estimate of drug-likeness (QED) is 0.759. The topological polar surface area (TPSA) is 55.1 Å². The second-order valence-corrected chi connectivity index (χ2v) is 6.43. The minimum Gasteiger partial charge on any atom is -0.351 e. The molecule has 16 heavy (non-hydrogen) atoms. The Bertz CT molecular complexity index is 249. The predicted octanol–water partition coefficient (Wildman–Crippen LogP) is 2.44. The summed E-state index contributed by atoms with van der Waals surface area (Å²) in [6.45, 7) is 13.8. The summed E-state index contributed by atoms with van der Waals surface area (Å²) < 4.78 is 0. The molecule has 1 amide bonds. The molecule has 0 aromatic carbocycles. The molecule has 0 rings (SSSR count). The van der Waals surface area contributed by atoms with E-state index < -0.39 is 11.0 Å². The number of carbonyl (C=O) groups is 1. The first kappa shape index (κ1) is 15.4. The number of carbonyl (C=O) groups excluding carboxylic acids is 1. The van der Waals surface area contributed by atoms with E-state index in [0.717, 1.165) is 12.8 Å². The Balaban J connectivity index is 4.71. The molecule has 3 N–H and O–H groups in total. The van der Waals surface area contributed by atoms with Crippen LogP contribution in [-0.2, 0) is 4.79 Å². The summed E-state index contributed by atoms with van der Waals surface area (Å²) in [6, 6.07) is 0. The third-order valence-electron chi connectivity index (χ3n) is 3.51. The van der Waals surface area contributed by atoms with Crippen molar-refractivity contribution in [3.63, 3.8) is 0 Å². The van der Waals surface area contributed by atoms with E-state index in [4.69, 9.17) is 5.73 Å². The highest BCUT2D eigenvalue weighted by molar-refractivity contribution is 5.83. The maximum atomic E-state index is 12.2. The molecule has 0 saturated carbocycles. The van der Waals surface area contributed by atoms with E-state index in [1.54, 1.807) is 0 Å². The van der Waals surface area contributed by atoms with Crippen molar-refractivity contribution in [1.29, 1.82) is 0 Å². The first-order valence-corrected chi connectivity index (χ1v) is 6.05. The van der Waals surface area contributed by atoms with Gasteiger partial charge < -0.3 is 11.1 Å². The summed E-state index contributed by atoms with van der Waals surface area (Å²) in [5.41, 5.74) is 4.79. The van der Waals surface area contributed by atoms with Gasteiger partial charge in [-0.2, -0.15) is 0 Å². The van der Waals surface area contributed by atoms with Crippen LogP contribution in [0.2, 0.25) is 0 Å². The second kappa shape index (κ2) is 4.74. The van der Waals surface area contributed by atoms with Gasteiger partial charge in [0.05, 0.1) is 5.41 Å². The smallest absolute Gasteiger partial charge is 0.227 e. The van der Waals surface area contributed by atoms with Gasteiger partial charge in [-0.25, -0.2) is 0 Å². The lowest BCUT2D eigenvalue weighted by atomic mass is 9.74. The summed E-state index contributed by atoms with van der Waals surface area (Å²) in [5, 5.41) is 3.09. The van der Waals surface area contributed by atoms with Crippen LogP contribution < -0.4 is 11.1 Å². The van der Waals surface area contributed by atoms with Crippen molar-refractivity contribution < 1.29 is 4.79 Å². The third-order valence-corrected chi connectivity index (χ3v) is 3.51. The van der Waals surface area contributed by atoms with Gasteiger partial charge in [-0.15, -0.1) is 0 Å². The van der Waals surface area contributed by atoms with Crippen molar-refractivity contribution in [3.8, 4) is 0 Å². The molecule has 0 atom stereocenters. The fraction of sp³-hybridized carbons (Fsp3) is 0.923. The van der Waals surface area contributed by atoms with E-state index in [9.17, 15) is 4.79 Å². The van der Waals surface area contributed by atoms with E-state index >= 15 is 0 Å². The van der Waals surface area contributed by atoms with Gasteiger partial charge in [0, 0.05) is 11.1 Å². The Morgan fingerprint density at radius 2 is 1.56 bits per heavy atom. The molecule has 0 bridgehead atoms. The summed E-state index contributed by atoms with van der Waals surface area (Å²) in [7, 11) is 0. The summed E-state index contributed by atoms with van der Waals surface area (Å²) >= 11 is 0. The summed E-state index contributed by atoms with van der Waals surface area (Å²) in [5.74, 6) is 0.0263. The fourth-order valence-electron chi connectivity index (χ4n) is 1.44. The number of amides is 1. The monoisotopic (exact) mass is 228 g/mol. The van der Waals surface area contributed by atoms with Gasteiger partial charge in [0.25, 0.3) is 0 Å². The molecule has 0 heterocycles. The number of nitrogens with one attached hydrogen (secondary N) is 1. The third kappa shape index (κ3) is 3.78. The minimum atomic E-state index is -0.571. The highest BCUT2D eigenvalue weighted by atomic mass is 16.2. The maximum absolute atomic E-state index is 12.2. The van der Waals surface area contributed by atoms with Crippen molar-refractivity contribution >= 4 is 5.91 Å². The molecule has 0 spiro atoms. The van der Waals surface area contributed by atoms with Crippen LogP contribution in [0.5, 0.6) is 0 Å². The highest BCUT2D eigenvalue weighted by Crippen LogP contribution is 2.29. The number of rotatable bonds is 5. The highest BCUT2D eigenvalue weighted by Gasteiger charge is 2.41. The molecule has 0 radical (unpaired) electrons. The van der Waals surface area contributed by atoms with Gasteiger partial charge in [0.2, 0.25) is 5.91 Å². The first-order chi connectivity index (χ1) is 6.94. The molecule has 0 aromatic rings. The molecule has 0 saturated heterocycles. The van der Waals surface area contributed by atoms with Crippen LogP contribution in [0.15, 0.2) is 0 Å².